The Morgan fingerprint density at radius 2 is 2.10 bits per heavy atom. The number of nitrogens with zero attached hydrogens (tertiary/aromatic N) is 2. The summed E-state index contributed by atoms with van der Waals surface area (Å²) >= 11 is 0. The van der Waals surface area contributed by atoms with Crippen molar-refractivity contribution < 1.29 is 23.5 Å². The largest absolute Gasteiger partial charge is 0.505 e. The van der Waals surface area contributed by atoms with E-state index in [9.17, 15) is 23.5 Å². The van der Waals surface area contributed by atoms with E-state index in [1.54, 1.807) is 18.9 Å². The second-order valence-corrected chi connectivity index (χ2v) is 7.22. The first-order chi connectivity index (χ1) is 14.2. The minimum atomic E-state index is -0.784. The van der Waals surface area contributed by atoms with Crippen LogP contribution in [0.25, 0.3) is 0 Å². The number of carbonyl (C=O) groups is 2. The number of likely N-dealkylation sites (N-methyl/N-ethyl adjacent to an activating group) is 1. The summed E-state index contributed by atoms with van der Waals surface area (Å²) in [6, 6.07) is 2.53. The number of allylic oxidation sites excluding steroid dienone is 1. The van der Waals surface area contributed by atoms with Crippen LogP contribution in [0.1, 0.15) is 18.9 Å². The molecule has 2 aliphatic heterocycles. The Morgan fingerprint density at radius 1 is 1.40 bits per heavy atom. The smallest absolute Gasteiger partial charge is 0.274 e. The van der Waals surface area contributed by atoms with Gasteiger partial charge in [-0.15, -0.1) is 0 Å². The van der Waals surface area contributed by atoms with Crippen molar-refractivity contribution in [3.05, 3.63) is 70.3 Å². The maximum absolute atomic E-state index is 13.9. The monoisotopic (exact) mass is 418 g/mol. The summed E-state index contributed by atoms with van der Waals surface area (Å²) in [6.07, 6.45) is 0.478. The van der Waals surface area contributed by atoms with Crippen LogP contribution in [0.4, 0.5) is 8.78 Å². The number of benzene rings is 1. The van der Waals surface area contributed by atoms with E-state index in [4.69, 9.17) is 5.73 Å². The van der Waals surface area contributed by atoms with E-state index in [-0.39, 0.29) is 29.0 Å². The number of carbonyl (C=O) groups excluding carboxylic acids is 2. The second kappa shape index (κ2) is 8.27. The fourth-order valence-corrected chi connectivity index (χ4v) is 3.55. The molecular weight excluding hydrogens is 394 g/mol. The van der Waals surface area contributed by atoms with Gasteiger partial charge in [0, 0.05) is 55.6 Å². The number of halogens is 2. The predicted molar refractivity (Wildman–Crippen MR) is 107 cm³/mol. The number of hydrogen-bond donors (Lipinski definition) is 3. The zero-order valence-corrected chi connectivity index (χ0v) is 16.8. The molecule has 7 nitrogen and oxygen atoms in total. The van der Waals surface area contributed by atoms with Gasteiger partial charge in [-0.1, -0.05) is 12.6 Å². The molecule has 2 aliphatic rings. The van der Waals surface area contributed by atoms with E-state index in [1.807, 2.05) is 0 Å². The standard InChI is InChI=1S/C21H24F2N4O3/c1-4-26(3)21(30)18-19(28)11(2)16(17-15(24)7-8-27(17)18)20(29)25-10-12-5-6-13(22)9-14(12)23/h5-6,9,15,28H,2,4,7-8,10,24H2,1,3H3,(H,25,29). The molecule has 0 saturated carbocycles. The van der Waals surface area contributed by atoms with Crippen molar-refractivity contribution in [3.63, 3.8) is 0 Å². The first-order valence-electron chi connectivity index (χ1n) is 9.55. The fraction of sp³-hybridized carbons (Fsp3) is 0.333. The third kappa shape index (κ3) is 3.68. The lowest BCUT2D eigenvalue weighted by molar-refractivity contribution is -0.127. The average Bonchev–Trinajstić information content (AvgIpc) is 3.08. The zero-order valence-electron chi connectivity index (χ0n) is 16.8. The molecule has 4 N–H and O–H groups in total. The molecular formula is C21H24F2N4O3. The SMILES string of the molecule is C=C1C(O)=C(C(=O)N(C)CC)N2CCC(N)C2=C1C(=O)NCc1ccc(F)cc1F. The van der Waals surface area contributed by atoms with Crippen LogP contribution in [0, 0.1) is 11.6 Å². The quantitative estimate of drug-likeness (QED) is 0.676. The van der Waals surface area contributed by atoms with Gasteiger partial charge in [0.15, 0.2) is 5.76 Å². The molecule has 160 valence electrons. The molecule has 1 aromatic rings. The van der Waals surface area contributed by atoms with Crippen molar-refractivity contribution in [1.29, 1.82) is 0 Å². The van der Waals surface area contributed by atoms with Gasteiger partial charge < -0.3 is 26.0 Å². The molecule has 0 spiro atoms. The third-order valence-electron chi connectivity index (χ3n) is 5.35. The molecule has 0 aliphatic carbocycles. The van der Waals surface area contributed by atoms with Gasteiger partial charge in [0.2, 0.25) is 0 Å². The molecule has 9 heteroatoms. The van der Waals surface area contributed by atoms with Crippen LogP contribution < -0.4 is 11.1 Å². The summed E-state index contributed by atoms with van der Waals surface area (Å²) in [4.78, 5) is 28.7. The summed E-state index contributed by atoms with van der Waals surface area (Å²) in [6.45, 7) is 6.18. The molecule has 0 radical (unpaired) electrons. The molecule has 30 heavy (non-hydrogen) atoms. The summed E-state index contributed by atoms with van der Waals surface area (Å²) in [5.74, 6) is -2.92. The van der Waals surface area contributed by atoms with Crippen LogP contribution in [-0.4, -0.2) is 52.9 Å². The molecule has 1 unspecified atom stereocenters. The number of hydrogen-bond acceptors (Lipinski definition) is 5. The zero-order chi connectivity index (χ0) is 22.2. The molecule has 2 heterocycles. The van der Waals surface area contributed by atoms with Gasteiger partial charge in [0.1, 0.15) is 17.3 Å². The molecule has 1 fully saturated rings. The van der Waals surface area contributed by atoms with Gasteiger partial charge in [-0.2, -0.15) is 0 Å². The predicted octanol–water partition coefficient (Wildman–Crippen LogP) is 1.69. The van der Waals surface area contributed by atoms with Crippen LogP contribution >= 0.6 is 0 Å². The summed E-state index contributed by atoms with van der Waals surface area (Å²) in [7, 11) is 1.60. The van der Waals surface area contributed by atoms with E-state index in [0.29, 0.717) is 25.2 Å². The van der Waals surface area contributed by atoms with E-state index in [1.165, 1.54) is 11.0 Å². The normalized spacial score (nSPS) is 18.6. The van der Waals surface area contributed by atoms with E-state index in [0.717, 1.165) is 12.1 Å². The van der Waals surface area contributed by atoms with E-state index < -0.39 is 35.2 Å². The lowest BCUT2D eigenvalue weighted by Crippen LogP contribution is -2.41. The number of rotatable bonds is 5. The molecule has 3 rings (SSSR count). The van der Waals surface area contributed by atoms with Crippen LogP contribution in [0.3, 0.4) is 0 Å². The Bertz CT molecular complexity index is 986. The molecule has 0 bridgehead atoms. The fourth-order valence-electron chi connectivity index (χ4n) is 3.55. The van der Waals surface area contributed by atoms with Gasteiger partial charge in [-0.05, 0) is 19.4 Å². The van der Waals surface area contributed by atoms with Gasteiger partial charge >= 0.3 is 0 Å². The van der Waals surface area contributed by atoms with Crippen LogP contribution in [0.5, 0.6) is 0 Å². The highest BCUT2D eigenvalue weighted by molar-refractivity contribution is 6.03. The highest BCUT2D eigenvalue weighted by Gasteiger charge is 2.42. The van der Waals surface area contributed by atoms with Crippen molar-refractivity contribution in [3.8, 4) is 0 Å². The molecule has 1 atom stereocenters. The first-order valence-corrected chi connectivity index (χ1v) is 9.55. The molecule has 2 amide bonds. The van der Waals surface area contributed by atoms with E-state index >= 15 is 0 Å². The number of aliphatic hydroxyl groups excluding tert-OH is 1. The summed E-state index contributed by atoms with van der Waals surface area (Å²) in [5.41, 5.74) is 6.75. The van der Waals surface area contributed by atoms with Crippen LogP contribution in [-0.2, 0) is 16.1 Å². The maximum Gasteiger partial charge on any atom is 0.274 e. The first kappa shape index (κ1) is 21.5. The van der Waals surface area contributed by atoms with Crippen molar-refractivity contribution in [2.45, 2.75) is 25.9 Å². The van der Waals surface area contributed by atoms with Crippen molar-refractivity contribution >= 4 is 11.8 Å². The molecule has 1 aromatic carbocycles. The van der Waals surface area contributed by atoms with Crippen molar-refractivity contribution in [2.24, 2.45) is 5.73 Å². The number of nitrogens with one attached hydrogen (secondary N) is 1. The van der Waals surface area contributed by atoms with Gasteiger partial charge in [-0.25, -0.2) is 8.78 Å². The van der Waals surface area contributed by atoms with Gasteiger partial charge in [0.25, 0.3) is 11.8 Å². The van der Waals surface area contributed by atoms with Crippen molar-refractivity contribution in [2.75, 3.05) is 20.1 Å². The summed E-state index contributed by atoms with van der Waals surface area (Å²) < 4.78 is 26.9. The lowest BCUT2D eigenvalue weighted by Gasteiger charge is -2.33. The summed E-state index contributed by atoms with van der Waals surface area (Å²) in [5, 5.41) is 13.3. The highest BCUT2D eigenvalue weighted by atomic mass is 19.1. The van der Waals surface area contributed by atoms with Gasteiger partial charge in [0.05, 0.1) is 5.57 Å². The number of nitrogens with two attached hydrogens (primary N) is 1. The highest BCUT2D eigenvalue weighted by Crippen LogP contribution is 2.39. The Balaban J connectivity index is 1.92. The maximum atomic E-state index is 13.9. The minimum Gasteiger partial charge on any atom is -0.505 e. The van der Waals surface area contributed by atoms with Crippen LogP contribution in [0.2, 0.25) is 0 Å². The van der Waals surface area contributed by atoms with E-state index in [2.05, 4.69) is 11.9 Å². The third-order valence-corrected chi connectivity index (χ3v) is 5.35. The van der Waals surface area contributed by atoms with Crippen LogP contribution in [0.15, 0.2) is 53.1 Å². The molecule has 0 aromatic heterocycles. The minimum absolute atomic E-state index is 0.0245. The number of aliphatic hydroxyl groups is 1. The number of amides is 2. The average molecular weight is 418 g/mol. The Hall–Kier alpha value is -3.20. The topological polar surface area (TPSA) is 98.9 Å². The second-order valence-electron chi connectivity index (χ2n) is 7.22. The molecule has 1 saturated heterocycles. The Labute approximate surface area is 173 Å². The number of fused-ring (bicyclic) bond motifs is 1. The lowest BCUT2D eigenvalue weighted by atomic mass is 9.94. The van der Waals surface area contributed by atoms with Gasteiger partial charge in [-0.3, -0.25) is 9.59 Å². The van der Waals surface area contributed by atoms with Crippen molar-refractivity contribution in [1.82, 2.24) is 15.1 Å². The Kier molecular flexibility index (Phi) is 5.93. The Morgan fingerprint density at radius 3 is 2.73 bits per heavy atom.